The molecule has 2 saturated heterocycles. The van der Waals surface area contributed by atoms with Crippen molar-refractivity contribution in [3.63, 3.8) is 0 Å². The Bertz CT molecular complexity index is 654. The third-order valence-corrected chi connectivity index (χ3v) is 4.61. The summed E-state index contributed by atoms with van der Waals surface area (Å²) in [5.74, 6) is -5.31. The number of nitrogens with one attached hydrogen (secondary N) is 1. The van der Waals surface area contributed by atoms with Gasteiger partial charge in [-0.2, -0.15) is 0 Å². The molecule has 0 amide bonds. The molecule has 0 saturated carbocycles. The van der Waals surface area contributed by atoms with Crippen LogP contribution in [0.4, 0.5) is 17.6 Å². The van der Waals surface area contributed by atoms with Gasteiger partial charge in [0.1, 0.15) is 6.10 Å². The number of guanidine groups is 1. The van der Waals surface area contributed by atoms with E-state index in [4.69, 9.17) is 9.47 Å². The van der Waals surface area contributed by atoms with E-state index in [9.17, 15) is 17.6 Å². The van der Waals surface area contributed by atoms with Gasteiger partial charge in [-0.25, -0.2) is 17.6 Å². The second kappa shape index (κ2) is 8.22. The topological polar surface area (TPSA) is 46.1 Å². The molecule has 0 aromatic heterocycles. The quantitative estimate of drug-likeness (QED) is 0.381. The SMILES string of the molecule is CN=C(NCc1c(F)c(F)cc(F)c1F)N1CCOC(C2CCCO2)C1. The molecule has 1 aromatic carbocycles. The van der Waals surface area contributed by atoms with Crippen LogP contribution >= 0.6 is 0 Å². The average Bonchev–Trinajstić information content (AvgIpc) is 3.18. The molecule has 2 aliphatic heterocycles. The highest BCUT2D eigenvalue weighted by Crippen LogP contribution is 2.22. The van der Waals surface area contributed by atoms with Gasteiger partial charge in [-0.05, 0) is 12.8 Å². The normalized spacial score (nSPS) is 24.2. The zero-order chi connectivity index (χ0) is 18.7. The molecule has 9 heteroatoms. The van der Waals surface area contributed by atoms with E-state index in [2.05, 4.69) is 10.3 Å². The molecular formula is C17H21F4N3O2. The predicted octanol–water partition coefficient (Wildman–Crippen LogP) is 2.20. The minimum absolute atomic E-state index is 0.0168. The van der Waals surface area contributed by atoms with E-state index < -0.39 is 35.4 Å². The lowest BCUT2D eigenvalue weighted by Crippen LogP contribution is -2.53. The second-order valence-electron chi connectivity index (χ2n) is 6.25. The van der Waals surface area contributed by atoms with Gasteiger partial charge in [-0.15, -0.1) is 0 Å². The second-order valence-corrected chi connectivity index (χ2v) is 6.25. The first-order chi connectivity index (χ1) is 12.5. The summed E-state index contributed by atoms with van der Waals surface area (Å²) in [6.45, 7) is 1.78. The van der Waals surface area contributed by atoms with Crippen molar-refractivity contribution in [1.29, 1.82) is 0 Å². The number of morpholine rings is 1. The number of rotatable bonds is 3. The molecule has 0 spiro atoms. The van der Waals surface area contributed by atoms with Gasteiger partial charge in [-0.3, -0.25) is 4.99 Å². The highest BCUT2D eigenvalue weighted by atomic mass is 19.2. The Hall–Kier alpha value is -1.87. The molecule has 1 N–H and O–H groups in total. The lowest BCUT2D eigenvalue weighted by Gasteiger charge is -2.37. The first-order valence-electron chi connectivity index (χ1n) is 8.52. The highest BCUT2D eigenvalue weighted by molar-refractivity contribution is 5.80. The summed E-state index contributed by atoms with van der Waals surface area (Å²) >= 11 is 0. The Morgan fingerprint density at radius 2 is 1.85 bits per heavy atom. The van der Waals surface area contributed by atoms with Crippen molar-refractivity contribution in [2.24, 2.45) is 4.99 Å². The molecular weight excluding hydrogens is 354 g/mol. The molecule has 0 radical (unpaired) electrons. The number of hydrogen-bond acceptors (Lipinski definition) is 3. The van der Waals surface area contributed by atoms with Crippen LogP contribution in [0.25, 0.3) is 0 Å². The maximum atomic E-state index is 13.8. The summed E-state index contributed by atoms with van der Waals surface area (Å²) in [6, 6.07) is 0.192. The van der Waals surface area contributed by atoms with Crippen LogP contribution < -0.4 is 5.32 Å². The molecule has 0 aliphatic carbocycles. The number of hydrogen-bond donors (Lipinski definition) is 1. The molecule has 1 aromatic rings. The Labute approximate surface area is 149 Å². The molecule has 3 rings (SSSR count). The van der Waals surface area contributed by atoms with Gasteiger partial charge >= 0.3 is 0 Å². The van der Waals surface area contributed by atoms with Crippen molar-refractivity contribution in [3.05, 3.63) is 34.9 Å². The van der Waals surface area contributed by atoms with Gasteiger partial charge in [0.25, 0.3) is 0 Å². The van der Waals surface area contributed by atoms with E-state index in [1.807, 2.05) is 4.90 Å². The first kappa shape index (κ1) is 18.9. The third kappa shape index (κ3) is 3.93. The van der Waals surface area contributed by atoms with Gasteiger partial charge in [-0.1, -0.05) is 0 Å². The fourth-order valence-electron chi connectivity index (χ4n) is 3.27. The van der Waals surface area contributed by atoms with Crippen LogP contribution in [0.2, 0.25) is 0 Å². The van der Waals surface area contributed by atoms with Crippen molar-refractivity contribution in [3.8, 4) is 0 Å². The summed E-state index contributed by atoms with van der Waals surface area (Å²) in [6.07, 6.45) is 1.80. The summed E-state index contributed by atoms with van der Waals surface area (Å²) in [7, 11) is 1.53. The number of benzene rings is 1. The smallest absolute Gasteiger partial charge is 0.194 e. The van der Waals surface area contributed by atoms with Crippen LogP contribution in [-0.4, -0.2) is 56.4 Å². The van der Waals surface area contributed by atoms with Crippen LogP contribution in [0, 0.1) is 23.3 Å². The van der Waals surface area contributed by atoms with Crippen LogP contribution in [0.1, 0.15) is 18.4 Å². The minimum atomic E-state index is -1.43. The molecule has 26 heavy (non-hydrogen) atoms. The molecule has 2 unspecified atom stereocenters. The van der Waals surface area contributed by atoms with Crippen molar-refractivity contribution in [1.82, 2.24) is 10.2 Å². The zero-order valence-electron chi connectivity index (χ0n) is 14.4. The molecule has 2 aliphatic rings. The monoisotopic (exact) mass is 375 g/mol. The standard InChI is InChI=1S/C17H21F4N3O2/c1-22-17(23-8-10-15(20)11(18)7-12(19)16(10)21)24-4-6-26-14(9-24)13-3-2-5-25-13/h7,13-14H,2-6,8-9H2,1H3,(H,22,23). The Morgan fingerprint density at radius 3 is 2.46 bits per heavy atom. The van der Waals surface area contributed by atoms with Crippen LogP contribution in [0.3, 0.4) is 0 Å². The maximum absolute atomic E-state index is 13.8. The number of halogens is 4. The first-order valence-corrected chi connectivity index (χ1v) is 8.52. The predicted molar refractivity (Wildman–Crippen MR) is 86.8 cm³/mol. The van der Waals surface area contributed by atoms with Crippen molar-refractivity contribution in [2.45, 2.75) is 31.6 Å². The van der Waals surface area contributed by atoms with E-state index in [1.54, 1.807) is 0 Å². The van der Waals surface area contributed by atoms with Gasteiger partial charge in [0.05, 0.1) is 12.7 Å². The molecule has 144 valence electrons. The maximum Gasteiger partial charge on any atom is 0.194 e. The van der Waals surface area contributed by atoms with Gasteiger partial charge in [0.15, 0.2) is 29.2 Å². The van der Waals surface area contributed by atoms with Crippen LogP contribution in [-0.2, 0) is 16.0 Å². The Balaban J connectivity index is 1.67. The molecule has 0 bridgehead atoms. The van der Waals surface area contributed by atoms with Gasteiger partial charge in [0, 0.05) is 44.9 Å². The van der Waals surface area contributed by atoms with E-state index in [0.717, 1.165) is 12.8 Å². The van der Waals surface area contributed by atoms with Crippen molar-refractivity contribution < 1.29 is 27.0 Å². The van der Waals surface area contributed by atoms with Gasteiger partial charge in [0.2, 0.25) is 0 Å². The average molecular weight is 375 g/mol. The van der Waals surface area contributed by atoms with Crippen LogP contribution in [0.15, 0.2) is 11.1 Å². The fraction of sp³-hybridized carbons (Fsp3) is 0.588. The Kier molecular flexibility index (Phi) is 5.98. The van der Waals surface area contributed by atoms with Crippen LogP contribution in [0.5, 0.6) is 0 Å². The molecule has 2 fully saturated rings. The van der Waals surface area contributed by atoms with Gasteiger partial charge < -0.3 is 19.7 Å². The molecule has 2 atom stereocenters. The van der Waals surface area contributed by atoms with E-state index in [-0.39, 0.29) is 18.3 Å². The third-order valence-electron chi connectivity index (χ3n) is 4.61. The lowest BCUT2D eigenvalue weighted by atomic mass is 10.1. The van der Waals surface area contributed by atoms with E-state index >= 15 is 0 Å². The summed E-state index contributed by atoms with van der Waals surface area (Å²) in [5, 5.41) is 2.77. The molecule has 5 nitrogen and oxygen atoms in total. The van der Waals surface area contributed by atoms with E-state index in [1.165, 1.54) is 7.05 Å². The number of ether oxygens (including phenoxy) is 2. The lowest BCUT2D eigenvalue weighted by molar-refractivity contribution is -0.0817. The summed E-state index contributed by atoms with van der Waals surface area (Å²) < 4.78 is 65.6. The van der Waals surface area contributed by atoms with E-state index in [0.29, 0.717) is 32.3 Å². The van der Waals surface area contributed by atoms with Crippen molar-refractivity contribution in [2.75, 3.05) is 33.4 Å². The number of aliphatic imine (C=N–C) groups is 1. The largest absolute Gasteiger partial charge is 0.375 e. The summed E-state index contributed by atoms with van der Waals surface area (Å²) in [4.78, 5) is 5.97. The summed E-state index contributed by atoms with van der Waals surface area (Å²) in [5.41, 5.74) is -0.701. The zero-order valence-corrected chi connectivity index (χ0v) is 14.4. The molecule has 2 heterocycles. The van der Waals surface area contributed by atoms with Crippen molar-refractivity contribution >= 4 is 5.96 Å². The minimum Gasteiger partial charge on any atom is -0.375 e. The Morgan fingerprint density at radius 1 is 1.15 bits per heavy atom. The highest BCUT2D eigenvalue weighted by Gasteiger charge is 2.32. The number of nitrogens with zero attached hydrogens (tertiary/aromatic N) is 2. The fourth-order valence-corrected chi connectivity index (χ4v) is 3.27.